The van der Waals surface area contributed by atoms with Crippen molar-refractivity contribution in [3.05, 3.63) is 58.9 Å². The molecule has 6 rings (SSSR count). The molecule has 2 aromatic heterocycles. The van der Waals surface area contributed by atoms with Crippen LogP contribution < -0.4 is 4.74 Å². The van der Waals surface area contributed by atoms with Crippen molar-refractivity contribution in [2.75, 3.05) is 7.11 Å². The minimum absolute atomic E-state index is 0.357. The zero-order chi connectivity index (χ0) is 21.8. The van der Waals surface area contributed by atoms with E-state index in [1.807, 2.05) is 24.5 Å². The number of methoxy groups -OCH3 is 1. The third-order valence-corrected chi connectivity index (χ3v) is 6.98. The Kier molecular flexibility index (Phi) is 4.39. The molecule has 2 aromatic carbocycles. The molecule has 1 N–H and O–H groups in total. The lowest BCUT2D eigenvalue weighted by atomic mass is 9.80. The Morgan fingerprint density at radius 2 is 2.03 bits per heavy atom. The zero-order valence-electron chi connectivity index (χ0n) is 18.7. The largest absolute Gasteiger partial charge is 0.497 e. The van der Waals surface area contributed by atoms with E-state index in [0.717, 1.165) is 64.9 Å². The predicted octanol–water partition coefficient (Wildman–Crippen LogP) is 6.38. The fraction of sp³-hybridized carbons (Fsp3) is 0.296. The molecule has 5 heteroatoms. The predicted molar refractivity (Wildman–Crippen MR) is 131 cm³/mol. The summed E-state index contributed by atoms with van der Waals surface area (Å²) in [5.74, 6) is 1.22. The Morgan fingerprint density at radius 3 is 2.88 bits per heavy atom. The highest BCUT2D eigenvalue weighted by Gasteiger charge is 2.31. The van der Waals surface area contributed by atoms with Gasteiger partial charge in [0.05, 0.1) is 29.7 Å². The van der Waals surface area contributed by atoms with Gasteiger partial charge >= 0.3 is 0 Å². The quantitative estimate of drug-likeness (QED) is 0.416. The molecule has 4 heterocycles. The van der Waals surface area contributed by atoms with Crippen LogP contribution in [-0.2, 0) is 12.8 Å². The molecular formula is C27H26N4O. The second kappa shape index (κ2) is 7.30. The second-order valence-electron chi connectivity index (χ2n) is 8.75. The van der Waals surface area contributed by atoms with Crippen LogP contribution in [0.3, 0.4) is 0 Å². The molecule has 1 atom stereocenters. The highest BCUT2D eigenvalue weighted by Crippen LogP contribution is 2.46. The van der Waals surface area contributed by atoms with Gasteiger partial charge in [0.25, 0.3) is 0 Å². The maximum Gasteiger partial charge on any atom is 0.119 e. The number of nitrogens with one attached hydrogen (secondary N) is 1. The van der Waals surface area contributed by atoms with E-state index in [2.05, 4.69) is 37.0 Å². The lowest BCUT2D eigenvalue weighted by molar-refractivity contribution is 0.415. The number of fused-ring (bicyclic) bond motifs is 7. The normalized spacial score (nSPS) is 17.3. The number of hydrogen-bond acceptors (Lipinski definition) is 4. The van der Waals surface area contributed by atoms with Gasteiger partial charge in [-0.15, -0.1) is 0 Å². The Balaban J connectivity index is 1.67. The lowest BCUT2D eigenvalue weighted by Gasteiger charge is -2.29. The van der Waals surface area contributed by atoms with Gasteiger partial charge in [0, 0.05) is 45.9 Å². The van der Waals surface area contributed by atoms with Crippen molar-refractivity contribution in [3.63, 3.8) is 0 Å². The topological polar surface area (TPSA) is 62.6 Å². The number of pyridine rings is 1. The molecule has 0 radical (unpaired) electrons. The van der Waals surface area contributed by atoms with Crippen molar-refractivity contribution < 1.29 is 4.74 Å². The molecule has 0 amide bonds. The smallest absolute Gasteiger partial charge is 0.119 e. The number of aryl methyl sites for hydroxylation is 1. The van der Waals surface area contributed by atoms with Crippen molar-refractivity contribution >= 4 is 45.1 Å². The fourth-order valence-electron chi connectivity index (χ4n) is 5.41. The number of H-pyrrole nitrogens is 1. The summed E-state index contributed by atoms with van der Waals surface area (Å²) in [6, 6.07) is 10.4. The van der Waals surface area contributed by atoms with E-state index in [4.69, 9.17) is 19.7 Å². The number of aromatic nitrogens is 2. The SMILES string of the molecule is CCC1Cc2c3c(c4ncccc4c2N=C1c1c(C)[nH]c2ccc(OC)cc12)N=CCC3. The molecule has 5 nitrogen and oxygen atoms in total. The molecule has 160 valence electrons. The minimum atomic E-state index is 0.357. The third kappa shape index (κ3) is 2.73. The van der Waals surface area contributed by atoms with Gasteiger partial charge in [-0.05, 0) is 74.1 Å². The lowest BCUT2D eigenvalue weighted by Crippen LogP contribution is -2.23. The molecule has 0 fully saturated rings. The van der Waals surface area contributed by atoms with Crippen molar-refractivity contribution in [2.45, 2.75) is 39.5 Å². The van der Waals surface area contributed by atoms with Gasteiger partial charge < -0.3 is 9.72 Å². The summed E-state index contributed by atoms with van der Waals surface area (Å²) < 4.78 is 5.53. The molecular weight excluding hydrogens is 396 g/mol. The first-order valence-corrected chi connectivity index (χ1v) is 11.4. The van der Waals surface area contributed by atoms with Crippen LogP contribution in [0.25, 0.3) is 21.8 Å². The van der Waals surface area contributed by atoms with Gasteiger partial charge in [-0.2, -0.15) is 0 Å². The van der Waals surface area contributed by atoms with Crippen molar-refractivity contribution in [1.29, 1.82) is 0 Å². The molecule has 2 aliphatic rings. The Bertz CT molecular complexity index is 1440. The van der Waals surface area contributed by atoms with Gasteiger partial charge in [0.15, 0.2) is 0 Å². The molecule has 0 spiro atoms. The van der Waals surface area contributed by atoms with Gasteiger partial charge in [0.2, 0.25) is 0 Å². The summed E-state index contributed by atoms with van der Waals surface area (Å²) in [5.41, 5.74) is 10.5. The maximum absolute atomic E-state index is 5.53. The van der Waals surface area contributed by atoms with Crippen LogP contribution in [0.15, 0.2) is 46.5 Å². The Labute approximate surface area is 187 Å². The number of aromatic amines is 1. The van der Waals surface area contributed by atoms with E-state index in [9.17, 15) is 0 Å². The van der Waals surface area contributed by atoms with E-state index in [1.165, 1.54) is 27.8 Å². The highest BCUT2D eigenvalue weighted by molar-refractivity contribution is 6.16. The summed E-state index contributed by atoms with van der Waals surface area (Å²) in [7, 11) is 1.72. The number of rotatable bonds is 3. The number of aliphatic imine (C=N–C) groups is 2. The standard InChI is InChI=1S/C27H26N4O/c1-4-16-13-20-18-7-5-11-28-26(18)27-19(8-6-12-29-27)25(20)31-24(16)23-15(2)30-22-10-9-17(32-3)14-21(22)23/h6,8-12,14,16,30H,4-5,7,13H2,1-3H3. The van der Waals surface area contributed by atoms with Gasteiger partial charge in [0.1, 0.15) is 5.75 Å². The van der Waals surface area contributed by atoms with Crippen molar-refractivity contribution in [2.24, 2.45) is 15.9 Å². The van der Waals surface area contributed by atoms with E-state index in [0.29, 0.717) is 5.92 Å². The molecule has 2 aliphatic heterocycles. The molecule has 0 bridgehead atoms. The average Bonchev–Trinajstić information content (AvgIpc) is 3.17. The van der Waals surface area contributed by atoms with Gasteiger partial charge in [-0.1, -0.05) is 6.92 Å². The van der Waals surface area contributed by atoms with Gasteiger partial charge in [-0.3, -0.25) is 15.0 Å². The Morgan fingerprint density at radius 1 is 1.12 bits per heavy atom. The molecule has 4 aromatic rings. The first kappa shape index (κ1) is 19.2. The summed E-state index contributed by atoms with van der Waals surface area (Å²) in [6.45, 7) is 4.41. The monoisotopic (exact) mass is 422 g/mol. The second-order valence-corrected chi connectivity index (χ2v) is 8.75. The van der Waals surface area contributed by atoms with Gasteiger partial charge in [-0.25, -0.2) is 0 Å². The molecule has 0 aliphatic carbocycles. The summed E-state index contributed by atoms with van der Waals surface area (Å²) in [6.07, 6.45) is 7.91. The molecule has 0 saturated heterocycles. The van der Waals surface area contributed by atoms with Crippen molar-refractivity contribution in [1.82, 2.24) is 9.97 Å². The fourth-order valence-corrected chi connectivity index (χ4v) is 5.41. The average molecular weight is 423 g/mol. The highest BCUT2D eigenvalue weighted by atomic mass is 16.5. The summed E-state index contributed by atoms with van der Waals surface area (Å²) >= 11 is 0. The first-order valence-electron chi connectivity index (χ1n) is 11.4. The summed E-state index contributed by atoms with van der Waals surface area (Å²) in [5, 5.41) is 2.27. The Hall–Kier alpha value is -3.47. The van der Waals surface area contributed by atoms with Crippen LogP contribution in [0.4, 0.5) is 11.4 Å². The van der Waals surface area contributed by atoms with Crippen LogP contribution in [0.2, 0.25) is 0 Å². The van der Waals surface area contributed by atoms with Crippen LogP contribution in [0.1, 0.15) is 42.1 Å². The van der Waals surface area contributed by atoms with E-state index < -0.39 is 0 Å². The van der Waals surface area contributed by atoms with Crippen molar-refractivity contribution in [3.8, 4) is 5.75 Å². The number of benzene rings is 2. The van der Waals surface area contributed by atoms with Crippen LogP contribution in [-0.4, -0.2) is 29.0 Å². The third-order valence-electron chi connectivity index (χ3n) is 6.98. The molecule has 32 heavy (non-hydrogen) atoms. The van der Waals surface area contributed by atoms with E-state index >= 15 is 0 Å². The van der Waals surface area contributed by atoms with E-state index in [-0.39, 0.29) is 0 Å². The first-order chi connectivity index (χ1) is 15.7. The number of ether oxygens (including phenoxy) is 1. The molecule has 1 unspecified atom stereocenters. The van der Waals surface area contributed by atoms with Crippen LogP contribution in [0, 0.1) is 12.8 Å². The van der Waals surface area contributed by atoms with Crippen LogP contribution >= 0.6 is 0 Å². The van der Waals surface area contributed by atoms with E-state index in [1.54, 1.807) is 7.11 Å². The summed E-state index contributed by atoms with van der Waals surface area (Å²) in [4.78, 5) is 18.5. The number of nitrogens with zero attached hydrogens (tertiary/aromatic N) is 3. The molecule has 0 saturated carbocycles. The zero-order valence-corrected chi connectivity index (χ0v) is 18.7. The van der Waals surface area contributed by atoms with Crippen LogP contribution in [0.5, 0.6) is 5.75 Å². The maximum atomic E-state index is 5.53. The number of hydrogen-bond donors (Lipinski definition) is 1. The minimum Gasteiger partial charge on any atom is -0.497 e.